The van der Waals surface area contributed by atoms with Crippen LogP contribution in [0.15, 0.2) is 0 Å². The van der Waals surface area contributed by atoms with Gasteiger partial charge in [-0.15, -0.1) is 0 Å². The number of hydrogen-bond acceptors (Lipinski definition) is 3. The van der Waals surface area contributed by atoms with E-state index in [1.54, 1.807) is 6.92 Å². The van der Waals surface area contributed by atoms with E-state index in [1.807, 2.05) is 0 Å². The third-order valence-corrected chi connectivity index (χ3v) is 2.65. The molecule has 0 saturated heterocycles. The van der Waals surface area contributed by atoms with E-state index in [2.05, 4.69) is 5.14 Å². The summed E-state index contributed by atoms with van der Waals surface area (Å²) in [5.41, 5.74) is 0. The van der Waals surface area contributed by atoms with Crippen molar-refractivity contribution in [3.63, 3.8) is 0 Å². The Balaban J connectivity index is 4.25. The number of halogens is 3. The zero-order valence-corrected chi connectivity index (χ0v) is 9.64. The standard InChI is InChI=1S/C7H15F3N2O3S/c1-2-15-5-3-4-12(16(11,13)14)6-7(8,9)10/h2-6H2,1H3,(H2,11,13,14). The van der Waals surface area contributed by atoms with Gasteiger partial charge in [0.15, 0.2) is 0 Å². The summed E-state index contributed by atoms with van der Waals surface area (Å²) in [5.74, 6) is 0. The predicted molar refractivity (Wildman–Crippen MR) is 51.8 cm³/mol. The van der Waals surface area contributed by atoms with E-state index in [4.69, 9.17) is 4.74 Å². The van der Waals surface area contributed by atoms with E-state index >= 15 is 0 Å². The van der Waals surface area contributed by atoms with E-state index in [1.165, 1.54) is 0 Å². The molecule has 0 saturated carbocycles. The molecule has 0 aliphatic carbocycles. The highest BCUT2D eigenvalue weighted by Gasteiger charge is 2.34. The van der Waals surface area contributed by atoms with Crippen molar-refractivity contribution < 1.29 is 26.3 Å². The van der Waals surface area contributed by atoms with Gasteiger partial charge in [0.2, 0.25) is 0 Å². The quantitative estimate of drug-likeness (QED) is 0.680. The van der Waals surface area contributed by atoms with Crippen LogP contribution in [-0.4, -0.2) is 45.2 Å². The Bertz CT molecular complexity index is 292. The molecule has 2 N–H and O–H groups in total. The van der Waals surface area contributed by atoms with Crippen LogP contribution in [0.3, 0.4) is 0 Å². The summed E-state index contributed by atoms with van der Waals surface area (Å²) >= 11 is 0. The predicted octanol–water partition coefficient (Wildman–Crippen LogP) is 0.481. The zero-order chi connectivity index (χ0) is 12.8. The van der Waals surface area contributed by atoms with Crippen LogP contribution in [0.4, 0.5) is 13.2 Å². The first-order chi connectivity index (χ1) is 7.17. The molecule has 0 spiro atoms. The largest absolute Gasteiger partial charge is 0.402 e. The monoisotopic (exact) mass is 264 g/mol. The van der Waals surface area contributed by atoms with Crippen molar-refractivity contribution in [3.8, 4) is 0 Å². The first-order valence-electron chi connectivity index (χ1n) is 4.59. The molecule has 0 aromatic rings. The first-order valence-corrected chi connectivity index (χ1v) is 6.09. The Kier molecular flexibility index (Phi) is 6.23. The van der Waals surface area contributed by atoms with Crippen molar-refractivity contribution in [2.24, 2.45) is 5.14 Å². The van der Waals surface area contributed by atoms with Crippen LogP contribution in [0.1, 0.15) is 13.3 Å². The number of nitrogens with two attached hydrogens (primary N) is 1. The molecule has 0 atom stereocenters. The molecule has 16 heavy (non-hydrogen) atoms. The van der Waals surface area contributed by atoms with Crippen molar-refractivity contribution in [1.29, 1.82) is 0 Å². The molecule has 0 bridgehead atoms. The summed E-state index contributed by atoms with van der Waals surface area (Å²) < 4.78 is 62.8. The van der Waals surface area contributed by atoms with Gasteiger partial charge in [-0.05, 0) is 13.3 Å². The molecule has 0 aliphatic rings. The zero-order valence-electron chi connectivity index (χ0n) is 8.83. The number of hydrogen-bond donors (Lipinski definition) is 1. The maximum Gasteiger partial charge on any atom is 0.402 e. The summed E-state index contributed by atoms with van der Waals surface area (Å²) in [6.45, 7) is 0.471. The number of alkyl halides is 3. The van der Waals surface area contributed by atoms with Gasteiger partial charge < -0.3 is 4.74 Å². The van der Waals surface area contributed by atoms with E-state index in [9.17, 15) is 21.6 Å². The van der Waals surface area contributed by atoms with Crippen LogP contribution in [-0.2, 0) is 14.9 Å². The Hall–Kier alpha value is -0.380. The van der Waals surface area contributed by atoms with Gasteiger partial charge in [0.25, 0.3) is 10.2 Å². The summed E-state index contributed by atoms with van der Waals surface area (Å²) in [6, 6.07) is 0. The fourth-order valence-electron chi connectivity index (χ4n) is 0.984. The van der Waals surface area contributed by atoms with Gasteiger partial charge in [0.05, 0.1) is 0 Å². The Morgan fingerprint density at radius 3 is 2.31 bits per heavy atom. The number of rotatable bonds is 7. The number of ether oxygens (including phenoxy) is 1. The van der Waals surface area contributed by atoms with Crippen molar-refractivity contribution in [2.45, 2.75) is 19.5 Å². The lowest BCUT2D eigenvalue weighted by atomic mass is 10.4. The van der Waals surface area contributed by atoms with Gasteiger partial charge in [-0.1, -0.05) is 0 Å². The Morgan fingerprint density at radius 1 is 1.38 bits per heavy atom. The van der Waals surface area contributed by atoms with Gasteiger partial charge >= 0.3 is 6.18 Å². The van der Waals surface area contributed by atoms with Crippen LogP contribution in [0.25, 0.3) is 0 Å². The van der Waals surface area contributed by atoms with Crippen LogP contribution in [0, 0.1) is 0 Å². The third-order valence-electron chi connectivity index (χ3n) is 1.62. The maximum absolute atomic E-state index is 12.0. The molecule has 0 heterocycles. The minimum atomic E-state index is -4.60. The third kappa shape index (κ3) is 7.85. The average Bonchev–Trinajstić information content (AvgIpc) is 2.06. The smallest absolute Gasteiger partial charge is 0.382 e. The van der Waals surface area contributed by atoms with Gasteiger partial charge in [-0.25, -0.2) is 5.14 Å². The molecular weight excluding hydrogens is 249 g/mol. The Morgan fingerprint density at radius 2 is 1.94 bits per heavy atom. The van der Waals surface area contributed by atoms with Gasteiger partial charge in [0.1, 0.15) is 6.54 Å². The average molecular weight is 264 g/mol. The molecule has 5 nitrogen and oxygen atoms in total. The fraction of sp³-hybridized carbons (Fsp3) is 1.00. The molecular formula is C7H15F3N2O3S. The lowest BCUT2D eigenvalue weighted by Gasteiger charge is -2.20. The summed E-state index contributed by atoms with van der Waals surface area (Å²) in [4.78, 5) is 0. The molecule has 0 aliphatic heterocycles. The molecule has 0 rings (SSSR count). The fourth-order valence-corrected chi connectivity index (χ4v) is 1.69. The SMILES string of the molecule is CCOCCCN(CC(F)(F)F)S(N)(=O)=O. The maximum atomic E-state index is 12.0. The highest BCUT2D eigenvalue weighted by atomic mass is 32.2. The summed E-state index contributed by atoms with van der Waals surface area (Å²) in [5, 5.41) is 4.66. The second-order valence-electron chi connectivity index (χ2n) is 3.04. The topological polar surface area (TPSA) is 72.6 Å². The highest BCUT2D eigenvalue weighted by molar-refractivity contribution is 7.86. The normalized spacial score (nSPS) is 13.4. The van der Waals surface area contributed by atoms with Crippen molar-refractivity contribution in [3.05, 3.63) is 0 Å². The van der Waals surface area contributed by atoms with Crippen molar-refractivity contribution >= 4 is 10.2 Å². The van der Waals surface area contributed by atoms with Gasteiger partial charge in [-0.2, -0.15) is 25.9 Å². The molecule has 0 aromatic carbocycles. The van der Waals surface area contributed by atoms with Crippen LogP contribution >= 0.6 is 0 Å². The Labute approximate surface area is 92.5 Å². The van der Waals surface area contributed by atoms with Gasteiger partial charge in [-0.3, -0.25) is 0 Å². The lowest BCUT2D eigenvalue weighted by Crippen LogP contribution is -2.43. The molecule has 0 amide bonds. The first kappa shape index (κ1) is 15.6. The van der Waals surface area contributed by atoms with E-state index in [0.717, 1.165) is 0 Å². The number of nitrogens with zero attached hydrogens (tertiary/aromatic N) is 1. The lowest BCUT2D eigenvalue weighted by molar-refractivity contribution is -0.136. The molecule has 0 radical (unpaired) electrons. The van der Waals surface area contributed by atoms with Crippen LogP contribution in [0.2, 0.25) is 0 Å². The van der Waals surface area contributed by atoms with Crippen LogP contribution < -0.4 is 5.14 Å². The second kappa shape index (κ2) is 6.38. The molecule has 0 aromatic heterocycles. The van der Waals surface area contributed by atoms with E-state index < -0.39 is 22.9 Å². The molecule has 9 heteroatoms. The minimum Gasteiger partial charge on any atom is -0.382 e. The minimum absolute atomic E-state index is 0.167. The molecule has 98 valence electrons. The second-order valence-corrected chi connectivity index (χ2v) is 4.59. The summed E-state index contributed by atoms with van der Waals surface area (Å²) in [6.07, 6.45) is -4.43. The highest BCUT2D eigenvalue weighted by Crippen LogP contribution is 2.17. The van der Waals surface area contributed by atoms with Crippen LogP contribution in [0.5, 0.6) is 0 Å². The molecule has 0 unspecified atom stereocenters. The summed E-state index contributed by atoms with van der Waals surface area (Å²) in [7, 11) is -4.33. The van der Waals surface area contributed by atoms with Gasteiger partial charge in [0, 0.05) is 19.8 Å². The van der Waals surface area contributed by atoms with Crippen molar-refractivity contribution in [1.82, 2.24) is 4.31 Å². The van der Waals surface area contributed by atoms with Crippen molar-refractivity contribution in [2.75, 3.05) is 26.3 Å². The van der Waals surface area contributed by atoms with E-state index in [-0.39, 0.29) is 23.9 Å². The molecule has 0 fully saturated rings. The van der Waals surface area contributed by atoms with E-state index in [0.29, 0.717) is 6.61 Å².